The molecule has 1 N–H and O–H groups in total. The Balaban J connectivity index is 1.68. The van der Waals surface area contributed by atoms with Crippen LogP contribution in [-0.2, 0) is 5.60 Å². The van der Waals surface area contributed by atoms with Crippen molar-refractivity contribution >= 4 is 0 Å². The van der Waals surface area contributed by atoms with Crippen LogP contribution in [0.3, 0.4) is 0 Å². The van der Waals surface area contributed by atoms with Gasteiger partial charge in [0, 0.05) is 0 Å². The first-order valence-corrected chi connectivity index (χ1v) is 8.51. The van der Waals surface area contributed by atoms with Crippen molar-refractivity contribution in [1.29, 1.82) is 0 Å². The SMILES string of the molecule is CC(C)Oc1ccc(C2(O)CCC3(CCCC3)CC2)cc1. The molecule has 2 fully saturated rings. The summed E-state index contributed by atoms with van der Waals surface area (Å²) in [7, 11) is 0. The summed E-state index contributed by atoms with van der Waals surface area (Å²) in [5.41, 5.74) is 1.00. The largest absolute Gasteiger partial charge is 0.491 e. The average Bonchev–Trinajstić information content (AvgIpc) is 2.92. The Bertz CT molecular complexity index is 459. The van der Waals surface area contributed by atoms with Crippen molar-refractivity contribution in [3.8, 4) is 5.75 Å². The van der Waals surface area contributed by atoms with Gasteiger partial charge < -0.3 is 9.84 Å². The van der Waals surface area contributed by atoms with Gasteiger partial charge in [-0.3, -0.25) is 0 Å². The third-order valence-corrected chi connectivity index (χ3v) is 5.57. The molecule has 116 valence electrons. The average molecular weight is 288 g/mol. The van der Waals surface area contributed by atoms with Gasteiger partial charge in [0.2, 0.25) is 0 Å². The van der Waals surface area contributed by atoms with Crippen molar-refractivity contribution < 1.29 is 9.84 Å². The van der Waals surface area contributed by atoms with E-state index in [1.54, 1.807) is 0 Å². The van der Waals surface area contributed by atoms with E-state index in [1.807, 2.05) is 38.1 Å². The number of rotatable bonds is 3. The number of hydrogen-bond donors (Lipinski definition) is 1. The predicted molar refractivity (Wildman–Crippen MR) is 85.5 cm³/mol. The van der Waals surface area contributed by atoms with Crippen LogP contribution >= 0.6 is 0 Å². The molecule has 0 saturated heterocycles. The van der Waals surface area contributed by atoms with Crippen molar-refractivity contribution in [3.05, 3.63) is 29.8 Å². The summed E-state index contributed by atoms with van der Waals surface area (Å²) in [4.78, 5) is 0. The van der Waals surface area contributed by atoms with Crippen LogP contribution in [0.4, 0.5) is 0 Å². The van der Waals surface area contributed by atoms with Crippen LogP contribution in [0.2, 0.25) is 0 Å². The summed E-state index contributed by atoms with van der Waals surface area (Å²) in [5, 5.41) is 11.0. The number of hydrogen-bond acceptors (Lipinski definition) is 2. The van der Waals surface area contributed by atoms with Gasteiger partial charge in [0.1, 0.15) is 5.75 Å². The summed E-state index contributed by atoms with van der Waals surface area (Å²) >= 11 is 0. The predicted octanol–water partition coefficient (Wildman–Crippen LogP) is 4.80. The quantitative estimate of drug-likeness (QED) is 0.866. The molecule has 0 aromatic heterocycles. The fourth-order valence-electron chi connectivity index (χ4n) is 4.22. The zero-order valence-corrected chi connectivity index (χ0v) is 13.4. The minimum absolute atomic E-state index is 0.191. The van der Waals surface area contributed by atoms with Gasteiger partial charge in [-0.15, -0.1) is 0 Å². The molecule has 2 saturated carbocycles. The first-order chi connectivity index (χ1) is 10.0. The van der Waals surface area contributed by atoms with E-state index < -0.39 is 5.60 Å². The lowest BCUT2D eigenvalue weighted by molar-refractivity contribution is -0.0376. The Morgan fingerprint density at radius 3 is 2.00 bits per heavy atom. The number of ether oxygens (including phenoxy) is 1. The first kappa shape index (κ1) is 14.9. The maximum absolute atomic E-state index is 11.0. The van der Waals surface area contributed by atoms with Gasteiger partial charge in [0.25, 0.3) is 0 Å². The second kappa shape index (κ2) is 5.64. The minimum Gasteiger partial charge on any atom is -0.491 e. The molecule has 2 aliphatic carbocycles. The normalized spacial score (nSPS) is 23.6. The molecule has 3 rings (SSSR count). The van der Waals surface area contributed by atoms with E-state index in [0.717, 1.165) is 24.2 Å². The molecule has 0 unspecified atom stereocenters. The maximum atomic E-state index is 11.0. The molecular weight excluding hydrogens is 260 g/mol. The second-order valence-electron chi connectivity index (χ2n) is 7.43. The van der Waals surface area contributed by atoms with Crippen LogP contribution in [0.15, 0.2) is 24.3 Å². The molecule has 0 radical (unpaired) electrons. The molecule has 2 heteroatoms. The fourth-order valence-corrected chi connectivity index (χ4v) is 4.22. The highest BCUT2D eigenvalue weighted by Gasteiger charge is 2.43. The Morgan fingerprint density at radius 2 is 1.48 bits per heavy atom. The van der Waals surface area contributed by atoms with Gasteiger partial charge in [-0.25, -0.2) is 0 Å². The maximum Gasteiger partial charge on any atom is 0.119 e. The molecule has 2 nitrogen and oxygen atoms in total. The molecule has 0 heterocycles. The van der Waals surface area contributed by atoms with Gasteiger partial charge in [-0.2, -0.15) is 0 Å². The van der Waals surface area contributed by atoms with Gasteiger partial charge in [-0.05, 0) is 75.5 Å². The standard InChI is InChI=1S/C19H28O2/c1-15(2)21-17-7-5-16(6-8-17)19(20)13-11-18(12-14-19)9-3-4-10-18/h5-8,15,20H,3-4,9-14H2,1-2H3. The summed E-state index contributed by atoms with van der Waals surface area (Å²) in [6, 6.07) is 8.08. The zero-order valence-electron chi connectivity index (χ0n) is 13.4. The van der Waals surface area contributed by atoms with E-state index >= 15 is 0 Å². The van der Waals surface area contributed by atoms with E-state index in [2.05, 4.69) is 0 Å². The van der Waals surface area contributed by atoms with Crippen LogP contribution in [0.1, 0.15) is 70.8 Å². The number of aliphatic hydroxyl groups is 1. The molecule has 0 atom stereocenters. The van der Waals surface area contributed by atoms with E-state index in [4.69, 9.17) is 4.74 Å². The van der Waals surface area contributed by atoms with Gasteiger partial charge in [0.05, 0.1) is 11.7 Å². The van der Waals surface area contributed by atoms with Gasteiger partial charge >= 0.3 is 0 Å². The summed E-state index contributed by atoms with van der Waals surface area (Å²) < 4.78 is 5.68. The highest BCUT2D eigenvalue weighted by molar-refractivity contribution is 5.31. The third kappa shape index (κ3) is 3.11. The van der Waals surface area contributed by atoms with Crippen molar-refractivity contribution in [1.82, 2.24) is 0 Å². The number of benzene rings is 1. The molecule has 1 aromatic carbocycles. The molecular formula is C19H28O2. The Kier molecular flexibility index (Phi) is 4.00. The van der Waals surface area contributed by atoms with E-state index in [9.17, 15) is 5.11 Å². The third-order valence-electron chi connectivity index (χ3n) is 5.57. The monoisotopic (exact) mass is 288 g/mol. The van der Waals surface area contributed by atoms with Crippen LogP contribution < -0.4 is 4.74 Å². The van der Waals surface area contributed by atoms with Crippen LogP contribution in [-0.4, -0.2) is 11.2 Å². The van der Waals surface area contributed by atoms with Crippen molar-refractivity contribution in [2.75, 3.05) is 0 Å². The second-order valence-corrected chi connectivity index (χ2v) is 7.43. The van der Waals surface area contributed by atoms with E-state index in [-0.39, 0.29) is 6.10 Å². The molecule has 1 spiro atoms. The molecule has 0 amide bonds. The first-order valence-electron chi connectivity index (χ1n) is 8.51. The Morgan fingerprint density at radius 1 is 0.905 bits per heavy atom. The van der Waals surface area contributed by atoms with Gasteiger partial charge in [-0.1, -0.05) is 25.0 Å². The van der Waals surface area contributed by atoms with Crippen LogP contribution in [0, 0.1) is 5.41 Å². The lowest BCUT2D eigenvalue weighted by Gasteiger charge is -2.42. The molecule has 0 bridgehead atoms. The molecule has 21 heavy (non-hydrogen) atoms. The van der Waals surface area contributed by atoms with Crippen LogP contribution in [0.5, 0.6) is 5.75 Å². The Labute approximate surface area is 128 Å². The highest BCUT2D eigenvalue weighted by atomic mass is 16.5. The summed E-state index contributed by atoms with van der Waals surface area (Å²) in [6.07, 6.45) is 9.93. The zero-order chi connectivity index (χ0) is 14.9. The minimum atomic E-state index is -0.621. The topological polar surface area (TPSA) is 29.5 Å². The molecule has 1 aromatic rings. The Hall–Kier alpha value is -1.02. The van der Waals surface area contributed by atoms with Crippen molar-refractivity contribution in [2.24, 2.45) is 5.41 Å². The molecule has 0 aliphatic heterocycles. The smallest absolute Gasteiger partial charge is 0.119 e. The van der Waals surface area contributed by atoms with E-state index in [1.165, 1.54) is 38.5 Å². The lowest BCUT2D eigenvalue weighted by atomic mass is 9.66. The van der Waals surface area contributed by atoms with E-state index in [0.29, 0.717) is 5.41 Å². The summed E-state index contributed by atoms with van der Waals surface area (Å²) in [5.74, 6) is 0.889. The van der Waals surface area contributed by atoms with Crippen molar-refractivity contribution in [3.63, 3.8) is 0 Å². The highest BCUT2D eigenvalue weighted by Crippen LogP contribution is 2.53. The van der Waals surface area contributed by atoms with Gasteiger partial charge in [0.15, 0.2) is 0 Å². The fraction of sp³-hybridized carbons (Fsp3) is 0.684. The lowest BCUT2D eigenvalue weighted by Crippen LogP contribution is -2.35. The van der Waals surface area contributed by atoms with Crippen LogP contribution in [0.25, 0.3) is 0 Å². The molecule has 2 aliphatic rings. The van der Waals surface area contributed by atoms with Crippen molar-refractivity contribution in [2.45, 2.75) is 76.9 Å². The summed E-state index contributed by atoms with van der Waals surface area (Å²) in [6.45, 7) is 4.06.